The van der Waals surface area contributed by atoms with E-state index in [2.05, 4.69) is 27.2 Å². The second-order valence-electron chi connectivity index (χ2n) is 4.27. The Bertz CT molecular complexity index is 611. The molecule has 1 aromatic heterocycles. The molecule has 0 bridgehead atoms. The van der Waals surface area contributed by atoms with Gasteiger partial charge in [-0.25, -0.2) is 14.4 Å². The standard InChI is InChI=1S/C15H15FN4O/c1-2-7-17-15(21)13-9-20-14(10-18-13)19-8-11-3-5-12(16)6-4-11/h2-6,9-10H,1,7-8H2,(H,17,21)(H,19,20). The van der Waals surface area contributed by atoms with Crippen LogP contribution in [-0.4, -0.2) is 22.4 Å². The van der Waals surface area contributed by atoms with Crippen LogP contribution in [0.2, 0.25) is 0 Å². The van der Waals surface area contributed by atoms with E-state index >= 15 is 0 Å². The number of aromatic nitrogens is 2. The minimum atomic E-state index is -0.299. The number of anilines is 1. The largest absolute Gasteiger partial charge is 0.365 e. The first-order valence-corrected chi connectivity index (χ1v) is 6.38. The van der Waals surface area contributed by atoms with Crippen molar-refractivity contribution in [2.75, 3.05) is 11.9 Å². The van der Waals surface area contributed by atoms with Crippen LogP contribution in [0.15, 0.2) is 49.3 Å². The fourth-order valence-corrected chi connectivity index (χ4v) is 1.59. The van der Waals surface area contributed by atoms with Crippen molar-refractivity contribution >= 4 is 11.7 Å². The van der Waals surface area contributed by atoms with E-state index in [1.165, 1.54) is 24.5 Å². The number of carbonyl (C=O) groups is 1. The van der Waals surface area contributed by atoms with Gasteiger partial charge in [-0.2, -0.15) is 0 Å². The Morgan fingerprint density at radius 2 is 2.00 bits per heavy atom. The van der Waals surface area contributed by atoms with E-state index in [1.54, 1.807) is 18.2 Å². The van der Waals surface area contributed by atoms with Gasteiger partial charge in [0.05, 0.1) is 12.4 Å². The monoisotopic (exact) mass is 286 g/mol. The van der Waals surface area contributed by atoms with Gasteiger partial charge >= 0.3 is 0 Å². The first-order chi connectivity index (χ1) is 10.2. The number of halogens is 1. The lowest BCUT2D eigenvalue weighted by molar-refractivity contribution is 0.0952. The number of benzene rings is 1. The predicted molar refractivity (Wildman–Crippen MR) is 78.3 cm³/mol. The summed E-state index contributed by atoms with van der Waals surface area (Å²) in [6, 6.07) is 6.17. The normalized spacial score (nSPS) is 9.95. The molecular weight excluding hydrogens is 271 g/mol. The average Bonchev–Trinajstić information content (AvgIpc) is 2.52. The highest BCUT2D eigenvalue weighted by atomic mass is 19.1. The van der Waals surface area contributed by atoms with Crippen molar-refractivity contribution < 1.29 is 9.18 Å². The van der Waals surface area contributed by atoms with Gasteiger partial charge in [0.25, 0.3) is 5.91 Å². The van der Waals surface area contributed by atoms with E-state index in [0.717, 1.165) is 5.56 Å². The van der Waals surface area contributed by atoms with Crippen LogP contribution in [-0.2, 0) is 6.54 Å². The Labute approximate surface area is 121 Å². The van der Waals surface area contributed by atoms with E-state index in [0.29, 0.717) is 18.9 Å². The maximum absolute atomic E-state index is 12.8. The molecule has 1 amide bonds. The Hall–Kier alpha value is -2.76. The third kappa shape index (κ3) is 4.38. The number of amides is 1. The van der Waals surface area contributed by atoms with E-state index in [9.17, 15) is 9.18 Å². The van der Waals surface area contributed by atoms with E-state index in [4.69, 9.17) is 0 Å². The number of hydrogen-bond donors (Lipinski definition) is 2. The van der Waals surface area contributed by atoms with E-state index in [-0.39, 0.29) is 17.4 Å². The minimum absolute atomic E-state index is 0.240. The van der Waals surface area contributed by atoms with Gasteiger partial charge in [0.2, 0.25) is 0 Å². The van der Waals surface area contributed by atoms with Crippen molar-refractivity contribution in [1.29, 1.82) is 0 Å². The Kier molecular flexibility index (Phi) is 4.98. The molecule has 2 aromatic rings. The molecule has 0 spiro atoms. The molecule has 21 heavy (non-hydrogen) atoms. The van der Waals surface area contributed by atoms with Gasteiger partial charge in [0.15, 0.2) is 0 Å². The molecule has 6 heteroatoms. The van der Waals surface area contributed by atoms with Gasteiger partial charge in [-0.05, 0) is 17.7 Å². The fraction of sp³-hybridized carbons (Fsp3) is 0.133. The van der Waals surface area contributed by atoms with Crippen molar-refractivity contribution in [2.45, 2.75) is 6.54 Å². The molecule has 0 atom stereocenters. The molecule has 1 aromatic carbocycles. The lowest BCUT2D eigenvalue weighted by Crippen LogP contribution is -2.24. The summed E-state index contributed by atoms with van der Waals surface area (Å²) in [6.45, 7) is 4.39. The van der Waals surface area contributed by atoms with Crippen molar-refractivity contribution in [3.63, 3.8) is 0 Å². The smallest absolute Gasteiger partial charge is 0.271 e. The highest BCUT2D eigenvalue weighted by Gasteiger charge is 2.06. The molecule has 108 valence electrons. The number of carbonyl (C=O) groups excluding carboxylic acids is 1. The second-order valence-corrected chi connectivity index (χ2v) is 4.27. The summed E-state index contributed by atoms with van der Waals surface area (Å²) in [7, 11) is 0. The van der Waals surface area contributed by atoms with Crippen LogP contribution in [0.3, 0.4) is 0 Å². The van der Waals surface area contributed by atoms with Gasteiger partial charge in [-0.15, -0.1) is 6.58 Å². The molecule has 0 aliphatic carbocycles. The van der Waals surface area contributed by atoms with Crippen molar-refractivity contribution in [1.82, 2.24) is 15.3 Å². The maximum atomic E-state index is 12.8. The first kappa shape index (κ1) is 14.6. The molecule has 0 saturated carbocycles. The van der Waals surface area contributed by atoms with Crippen molar-refractivity contribution in [3.8, 4) is 0 Å². The van der Waals surface area contributed by atoms with Gasteiger partial charge in [-0.1, -0.05) is 18.2 Å². The van der Waals surface area contributed by atoms with Crippen LogP contribution in [0.5, 0.6) is 0 Å². The molecule has 1 heterocycles. The zero-order valence-corrected chi connectivity index (χ0v) is 11.3. The van der Waals surface area contributed by atoms with Gasteiger partial charge in [-0.3, -0.25) is 4.79 Å². The molecule has 0 saturated heterocycles. The average molecular weight is 286 g/mol. The summed E-state index contributed by atoms with van der Waals surface area (Å²) in [5.74, 6) is -0.0273. The molecule has 0 unspecified atom stereocenters. The lowest BCUT2D eigenvalue weighted by atomic mass is 10.2. The molecule has 2 N–H and O–H groups in total. The molecule has 5 nitrogen and oxygen atoms in total. The van der Waals surface area contributed by atoms with Crippen LogP contribution in [0.4, 0.5) is 10.2 Å². The molecule has 0 aliphatic rings. The highest BCUT2D eigenvalue weighted by Crippen LogP contribution is 2.07. The van der Waals surface area contributed by atoms with Crippen LogP contribution >= 0.6 is 0 Å². The molecular formula is C15H15FN4O. The lowest BCUT2D eigenvalue weighted by Gasteiger charge is -2.06. The van der Waals surface area contributed by atoms with Crippen LogP contribution in [0, 0.1) is 5.82 Å². The predicted octanol–water partition coefficient (Wildman–Crippen LogP) is 2.14. The number of nitrogens with one attached hydrogen (secondary N) is 2. The Balaban J connectivity index is 1.91. The summed E-state index contributed by atoms with van der Waals surface area (Å²) in [5, 5.41) is 5.66. The second kappa shape index (κ2) is 7.14. The summed E-state index contributed by atoms with van der Waals surface area (Å²) in [4.78, 5) is 19.7. The van der Waals surface area contributed by atoms with Crippen molar-refractivity contribution in [2.24, 2.45) is 0 Å². The zero-order valence-electron chi connectivity index (χ0n) is 11.3. The van der Waals surface area contributed by atoms with Crippen LogP contribution in [0.1, 0.15) is 16.1 Å². The SMILES string of the molecule is C=CCNC(=O)c1cnc(NCc2ccc(F)cc2)cn1. The van der Waals surface area contributed by atoms with Gasteiger partial charge in [0.1, 0.15) is 17.3 Å². The van der Waals surface area contributed by atoms with Crippen molar-refractivity contribution in [3.05, 3.63) is 66.4 Å². The number of hydrogen-bond acceptors (Lipinski definition) is 4. The Morgan fingerprint density at radius 1 is 1.24 bits per heavy atom. The summed E-state index contributed by atoms with van der Waals surface area (Å²) < 4.78 is 12.8. The minimum Gasteiger partial charge on any atom is -0.365 e. The zero-order chi connectivity index (χ0) is 15.1. The number of nitrogens with zero attached hydrogens (tertiary/aromatic N) is 2. The summed E-state index contributed by atoms with van der Waals surface area (Å²) >= 11 is 0. The quantitative estimate of drug-likeness (QED) is 0.798. The van der Waals surface area contributed by atoms with Crippen LogP contribution < -0.4 is 10.6 Å². The summed E-state index contributed by atoms with van der Waals surface area (Å²) in [6.07, 6.45) is 4.46. The van der Waals surface area contributed by atoms with E-state index < -0.39 is 0 Å². The third-order valence-corrected chi connectivity index (χ3v) is 2.68. The van der Waals surface area contributed by atoms with Gasteiger partial charge in [0, 0.05) is 13.1 Å². The first-order valence-electron chi connectivity index (χ1n) is 6.38. The molecule has 2 rings (SSSR count). The third-order valence-electron chi connectivity index (χ3n) is 2.68. The summed E-state index contributed by atoms with van der Waals surface area (Å²) in [5.41, 5.74) is 1.16. The van der Waals surface area contributed by atoms with Gasteiger partial charge < -0.3 is 10.6 Å². The molecule has 0 fully saturated rings. The highest BCUT2D eigenvalue weighted by molar-refractivity contribution is 5.92. The van der Waals surface area contributed by atoms with Crippen LogP contribution in [0.25, 0.3) is 0 Å². The maximum Gasteiger partial charge on any atom is 0.271 e. The number of rotatable bonds is 6. The fourth-order valence-electron chi connectivity index (χ4n) is 1.59. The van der Waals surface area contributed by atoms with E-state index in [1.807, 2.05) is 0 Å². The topological polar surface area (TPSA) is 66.9 Å². The molecule has 0 aliphatic heterocycles. The Morgan fingerprint density at radius 3 is 2.62 bits per heavy atom. The molecule has 0 radical (unpaired) electrons.